The zero-order valence-corrected chi connectivity index (χ0v) is 13.2. The Labute approximate surface area is 131 Å². The molecule has 0 spiro atoms. The summed E-state index contributed by atoms with van der Waals surface area (Å²) in [4.78, 5) is 7.09. The van der Waals surface area contributed by atoms with E-state index in [1.165, 1.54) is 0 Å². The number of benzene rings is 2. The summed E-state index contributed by atoms with van der Waals surface area (Å²) < 4.78 is 6.19. The van der Waals surface area contributed by atoms with Gasteiger partial charge in [-0.1, -0.05) is 38.1 Å². The van der Waals surface area contributed by atoms with Gasteiger partial charge in [0.05, 0.1) is 11.0 Å². The molecule has 114 valence electrons. The van der Waals surface area contributed by atoms with Gasteiger partial charge in [-0.05, 0) is 37.4 Å². The highest BCUT2D eigenvalue weighted by Gasteiger charge is 2.10. The van der Waals surface area contributed by atoms with E-state index in [2.05, 4.69) is 30.9 Å². The lowest BCUT2D eigenvalue weighted by atomic mass is 10.1. The average molecular weight is 294 g/mol. The van der Waals surface area contributed by atoms with Gasteiger partial charge in [-0.25, -0.2) is 4.98 Å². The Morgan fingerprint density at radius 3 is 1.95 bits per heavy atom. The number of nitrogens with zero attached hydrogens (tertiary/aromatic N) is 2. The molecule has 22 heavy (non-hydrogen) atoms. The van der Waals surface area contributed by atoms with Gasteiger partial charge >= 0.3 is 0 Å². The molecule has 0 aliphatic heterocycles. The molecule has 3 rings (SSSR count). The van der Waals surface area contributed by atoms with Crippen molar-refractivity contribution in [3.63, 3.8) is 0 Å². The summed E-state index contributed by atoms with van der Waals surface area (Å²) in [6.07, 6.45) is 0. The van der Waals surface area contributed by atoms with E-state index in [0.29, 0.717) is 6.61 Å². The van der Waals surface area contributed by atoms with Crippen LogP contribution in [0, 0.1) is 0 Å². The number of hydrogen-bond acceptors (Lipinski definition) is 3. The van der Waals surface area contributed by atoms with Crippen molar-refractivity contribution < 1.29 is 4.74 Å². The Balaban J connectivity index is 1.97. The number of hydrogen-bond donors (Lipinski definition) is 0. The first-order chi connectivity index (χ1) is 10.8. The van der Waals surface area contributed by atoms with E-state index < -0.39 is 0 Å². The number of aromatic nitrogens is 1. The summed E-state index contributed by atoms with van der Waals surface area (Å²) in [6, 6.07) is 16.4. The van der Waals surface area contributed by atoms with Crippen molar-refractivity contribution in [2.75, 3.05) is 26.2 Å². The lowest BCUT2D eigenvalue weighted by Gasteiger charge is -2.19. The highest BCUT2D eigenvalue weighted by molar-refractivity contribution is 6.00. The van der Waals surface area contributed by atoms with Crippen molar-refractivity contribution in [3.05, 3.63) is 48.5 Å². The summed E-state index contributed by atoms with van der Waals surface area (Å²) in [6.45, 7) is 8.11. The number of ether oxygens (including phenoxy) is 1. The minimum Gasteiger partial charge on any atom is -0.491 e. The molecule has 0 atom stereocenters. The monoisotopic (exact) mass is 294 g/mol. The second-order valence-electron chi connectivity index (χ2n) is 5.35. The van der Waals surface area contributed by atoms with Gasteiger partial charge in [0.25, 0.3) is 0 Å². The summed E-state index contributed by atoms with van der Waals surface area (Å²) >= 11 is 0. The van der Waals surface area contributed by atoms with E-state index in [1.807, 2.05) is 36.4 Å². The van der Waals surface area contributed by atoms with Gasteiger partial charge in [0.15, 0.2) is 0 Å². The van der Waals surface area contributed by atoms with Gasteiger partial charge in [0, 0.05) is 17.3 Å². The number of pyridine rings is 1. The fourth-order valence-electron chi connectivity index (χ4n) is 2.77. The molecule has 2 aromatic carbocycles. The lowest BCUT2D eigenvalue weighted by Crippen LogP contribution is -2.27. The van der Waals surface area contributed by atoms with E-state index >= 15 is 0 Å². The van der Waals surface area contributed by atoms with Crippen molar-refractivity contribution >= 4 is 21.8 Å². The van der Waals surface area contributed by atoms with Crippen molar-refractivity contribution in [2.45, 2.75) is 13.8 Å². The topological polar surface area (TPSA) is 25.4 Å². The van der Waals surface area contributed by atoms with Crippen LogP contribution in [0.1, 0.15) is 13.8 Å². The van der Waals surface area contributed by atoms with E-state index in [4.69, 9.17) is 9.72 Å². The first-order valence-corrected chi connectivity index (χ1v) is 7.96. The molecule has 0 saturated heterocycles. The van der Waals surface area contributed by atoms with E-state index in [9.17, 15) is 0 Å². The summed E-state index contributed by atoms with van der Waals surface area (Å²) in [7, 11) is 0. The maximum absolute atomic E-state index is 6.19. The number of rotatable bonds is 6. The van der Waals surface area contributed by atoms with Crippen LogP contribution in [-0.4, -0.2) is 36.1 Å². The van der Waals surface area contributed by atoms with Gasteiger partial charge in [0.2, 0.25) is 0 Å². The molecule has 3 nitrogen and oxygen atoms in total. The van der Waals surface area contributed by atoms with Crippen molar-refractivity contribution in [1.82, 2.24) is 9.88 Å². The van der Waals surface area contributed by atoms with Crippen molar-refractivity contribution in [3.8, 4) is 5.75 Å². The standard InChI is InChI=1S/C19H22N2O/c1-3-21(4-2)13-14-22-19-15-9-5-7-11-17(15)20-18-12-8-6-10-16(18)19/h5-12H,3-4,13-14H2,1-2H3. The molecule has 3 heteroatoms. The molecule has 1 heterocycles. The van der Waals surface area contributed by atoms with Crippen molar-refractivity contribution in [2.24, 2.45) is 0 Å². The van der Waals surface area contributed by atoms with Gasteiger partial charge in [-0.15, -0.1) is 0 Å². The molecule has 0 bridgehead atoms. The maximum atomic E-state index is 6.19. The predicted molar refractivity (Wildman–Crippen MR) is 92.5 cm³/mol. The van der Waals surface area contributed by atoms with Crippen LogP contribution in [0.4, 0.5) is 0 Å². The Morgan fingerprint density at radius 2 is 1.41 bits per heavy atom. The molecule has 3 aromatic rings. The first-order valence-electron chi connectivity index (χ1n) is 7.96. The largest absolute Gasteiger partial charge is 0.491 e. The molecular weight excluding hydrogens is 272 g/mol. The van der Waals surface area contributed by atoms with Crippen molar-refractivity contribution in [1.29, 1.82) is 0 Å². The summed E-state index contributed by atoms with van der Waals surface area (Å²) in [5.41, 5.74) is 1.97. The Bertz CT molecular complexity index is 712. The quantitative estimate of drug-likeness (QED) is 0.640. The molecule has 0 radical (unpaired) electrons. The van der Waals surface area contributed by atoms with Crippen LogP contribution in [0.2, 0.25) is 0 Å². The Kier molecular flexibility index (Phi) is 4.54. The SMILES string of the molecule is CCN(CC)CCOc1c2ccccc2nc2ccccc12. The van der Waals surface area contributed by atoms with Gasteiger partial charge in [0.1, 0.15) is 12.4 Å². The van der Waals surface area contributed by atoms with Crippen LogP contribution in [0.15, 0.2) is 48.5 Å². The van der Waals surface area contributed by atoms with Gasteiger partial charge in [-0.2, -0.15) is 0 Å². The van der Waals surface area contributed by atoms with Crippen LogP contribution in [-0.2, 0) is 0 Å². The molecule has 0 unspecified atom stereocenters. The molecule has 0 amide bonds. The predicted octanol–water partition coefficient (Wildman–Crippen LogP) is 4.11. The van der Waals surface area contributed by atoms with Gasteiger partial charge in [-0.3, -0.25) is 0 Å². The summed E-state index contributed by atoms with van der Waals surface area (Å²) in [5.74, 6) is 0.952. The molecular formula is C19H22N2O. The highest BCUT2D eigenvalue weighted by Crippen LogP contribution is 2.32. The van der Waals surface area contributed by atoms with Crippen LogP contribution >= 0.6 is 0 Å². The summed E-state index contributed by atoms with van der Waals surface area (Å²) in [5, 5.41) is 2.17. The Hall–Kier alpha value is -2.13. The van der Waals surface area contributed by atoms with E-state index in [0.717, 1.165) is 47.2 Å². The van der Waals surface area contributed by atoms with Crippen LogP contribution < -0.4 is 4.74 Å². The fraction of sp³-hybridized carbons (Fsp3) is 0.316. The molecule has 0 saturated carbocycles. The zero-order valence-electron chi connectivity index (χ0n) is 13.2. The average Bonchev–Trinajstić information content (AvgIpc) is 2.58. The third-order valence-electron chi connectivity index (χ3n) is 4.09. The molecule has 1 aromatic heterocycles. The van der Waals surface area contributed by atoms with E-state index in [1.54, 1.807) is 0 Å². The third kappa shape index (κ3) is 2.90. The normalized spacial score (nSPS) is 11.4. The molecule has 0 fully saturated rings. The van der Waals surface area contributed by atoms with E-state index in [-0.39, 0.29) is 0 Å². The molecule has 0 aliphatic rings. The van der Waals surface area contributed by atoms with Crippen LogP contribution in [0.3, 0.4) is 0 Å². The molecule has 0 N–H and O–H groups in total. The minimum absolute atomic E-state index is 0.694. The number of likely N-dealkylation sites (N-methyl/N-ethyl adjacent to an activating group) is 1. The van der Waals surface area contributed by atoms with Gasteiger partial charge < -0.3 is 9.64 Å². The Morgan fingerprint density at radius 1 is 0.864 bits per heavy atom. The highest BCUT2D eigenvalue weighted by atomic mass is 16.5. The number of para-hydroxylation sites is 2. The van der Waals surface area contributed by atoms with Crippen LogP contribution in [0.5, 0.6) is 5.75 Å². The smallest absolute Gasteiger partial charge is 0.138 e. The molecule has 0 aliphatic carbocycles. The third-order valence-corrected chi connectivity index (χ3v) is 4.09. The second-order valence-corrected chi connectivity index (χ2v) is 5.35. The lowest BCUT2D eigenvalue weighted by molar-refractivity contribution is 0.225. The second kappa shape index (κ2) is 6.75. The maximum Gasteiger partial charge on any atom is 0.138 e. The minimum atomic E-state index is 0.694. The van der Waals surface area contributed by atoms with Crippen LogP contribution in [0.25, 0.3) is 21.8 Å². The number of fused-ring (bicyclic) bond motifs is 2. The zero-order chi connectivity index (χ0) is 15.4. The first kappa shape index (κ1) is 14.8. The fourth-order valence-corrected chi connectivity index (χ4v) is 2.77.